The number of hydrogen-bond acceptors (Lipinski definition) is 6. The van der Waals surface area contributed by atoms with Crippen LogP contribution in [0.15, 0.2) is 36.4 Å². The molecule has 3 aliphatic rings. The summed E-state index contributed by atoms with van der Waals surface area (Å²) >= 11 is 0. The van der Waals surface area contributed by atoms with E-state index in [1.54, 1.807) is 6.07 Å². The van der Waals surface area contributed by atoms with E-state index in [1.165, 1.54) is 17.7 Å². The third-order valence-electron chi connectivity index (χ3n) is 6.98. The largest absolute Gasteiger partial charge is 0.454 e. The van der Waals surface area contributed by atoms with Crippen LogP contribution in [0.2, 0.25) is 0 Å². The number of fused-ring (bicyclic) bond motifs is 3. The SMILES string of the molecule is C[C@@H](Nc1nc(N2CCc3cc4c(cc3C2)OCO4)nc2c1CCC2)c1cccc(C(F)(F)F)c1.Cl. The Morgan fingerprint density at radius 2 is 1.78 bits per heavy atom. The number of benzene rings is 2. The lowest BCUT2D eigenvalue weighted by molar-refractivity contribution is -0.137. The Morgan fingerprint density at radius 3 is 2.56 bits per heavy atom. The molecule has 36 heavy (non-hydrogen) atoms. The zero-order valence-corrected chi connectivity index (χ0v) is 20.5. The van der Waals surface area contributed by atoms with E-state index >= 15 is 0 Å². The molecule has 0 radical (unpaired) electrons. The number of aryl methyl sites for hydroxylation is 1. The second-order valence-electron chi connectivity index (χ2n) is 9.29. The standard InChI is InChI=1S/C26H25F3N4O2.ClH/c1-15(16-4-2-5-19(10-16)26(27,28)29)30-24-20-6-3-7-21(20)31-25(32-24)33-9-8-17-11-22-23(35-14-34-22)12-18(17)13-33;/h2,4-5,10-12,15H,3,6-9,13-14H2,1H3,(H,30,31,32);1H/t15-;/m1./s1. The topological polar surface area (TPSA) is 59.5 Å². The van der Waals surface area contributed by atoms with Crippen molar-refractivity contribution >= 4 is 24.2 Å². The van der Waals surface area contributed by atoms with E-state index in [-0.39, 0.29) is 25.2 Å². The Hall–Kier alpha value is -3.20. The summed E-state index contributed by atoms with van der Waals surface area (Å²) in [5, 5.41) is 3.39. The Balaban J connectivity index is 0.00000267. The number of rotatable bonds is 4. The maximum absolute atomic E-state index is 13.2. The van der Waals surface area contributed by atoms with Gasteiger partial charge in [0.2, 0.25) is 12.7 Å². The first-order valence-electron chi connectivity index (χ1n) is 11.8. The molecule has 190 valence electrons. The fourth-order valence-corrected chi connectivity index (χ4v) is 5.07. The first-order chi connectivity index (χ1) is 16.8. The number of ether oxygens (including phenoxy) is 2. The molecule has 0 spiro atoms. The van der Waals surface area contributed by atoms with Gasteiger partial charge < -0.3 is 19.7 Å². The van der Waals surface area contributed by atoms with Gasteiger partial charge in [-0.25, -0.2) is 4.98 Å². The van der Waals surface area contributed by atoms with Crippen molar-refractivity contribution in [2.24, 2.45) is 0 Å². The summed E-state index contributed by atoms with van der Waals surface area (Å²) in [7, 11) is 0. The molecule has 0 unspecified atom stereocenters. The molecule has 0 saturated heterocycles. The zero-order chi connectivity index (χ0) is 24.2. The van der Waals surface area contributed by atoms with Crippen LogP contribution >= 0.6 is 12.4 Å². The van der Waals surface area contributed by atoms with Crippen LogP contribution in [0.3, 0.4) is 0 Å². The van der Waals surface area contributed by atoms with E-state index in [2.05, 4.69) is 16.3 Å². The van der Waals surface area contributed by atoms with Crippen molar-refractivity contribution in [3.8, 4) is 11.5 Å². The monoisotopic (exact) mass is 518 g/mol. The molecule has 6 nitrogen and oxygen atoms in total. The molecule has 1 aromatic heterocycles. The van der Waals surface area contributed by atoms with E-state index in [0.717, 1.165) is 66.6 Å². The summed E-state index contributed by atoms with van der Waals surface area (Å²) in [5.74, 6) is 2.91. The molecular weight excluding hydrogens is 493 g/mol. The maximum Gasteiger partial charge on any atom is 0.416 e. The summed E-state index contributed by atoms with van der Waals surface area (Å²) in [6.07, 6.45) is -0.802. The minimum atomic E-state index is -4.37. The van der Waals surface area contributed by atoms with E-state index < -0.39 is 11.7 Å². The second kappa shape index (κ2) is 9.35. The molecule has 6 rings (SSSR count). The first-order valence-corrected chi connectivity index (χ1v) is 11.8. The molecule has 0 fully saturated rings. The van der Waals surface area contributed by atoms with Gasteiger partial charge in [0.25, 0.3) is 0 Å². The van der Waals surface area contributed by atoms with Gasteiger partial charge in [-0.2, -0.15) is 18.2 Å². The van der Waals surface area contributed by atoms with Crippen molar-refractivity contribution in [1.29, 1.82) is 0 Å². The number of hydrogen-bond donors (Lipinski definition) is 1. The van der Waals surface area contributed by atoms with E-state index in [4.69, 9.17) is 19.4 Å². The number of aromatic nitrogens is 2. The van der Waals surface area contributed by atoms with Crippen LogP contribution in [-0.2, 0) is 32.0 Å². The smallest absolute Gasteiger partial charge is 0.416 e. The predicted molar refractivity (Wildman–Crippen MR) is 132 cm³/mol. The molecule has 1 aliphatic carbocycles. The van der Waals surface area contributed by atoms with Crippen molar-refractivity contribution in [2.75, 3.05) is 23.6 Å². The van der Waals surface area contributed by atoms with Crippen LogP contribution in [0.4, 0.5) is 24.9 Å². The number of halogens is 4. The summed E-state index contributed by atoms with van der Waals surface area (Å²) in [5.41, 5.74) is 4.40. The lowest BCUT2D eigenvalue weighted by Gasteiger charge is -2.30. The highest BCUT2D eigenvalue weighted by atomic mass is 35.5. The quantitative estimate of drug-likeness (QED) is 0.466. The van der Waals surface area contributed by atoms with Gasteiger partial charge in [0.1, 0.15) is 5.82 Å². The molecule has 10 heteroatoms. The predicted octanol–water partition coefficient (Wildman–Crippen LogP) is 5.87. The Labute approximate surface area is 213 Å². The summed E-state index contributed by atoms with van der Waals surface area (Å²) in [4.78, 5) is 11.9. The van der Waals surface area contributed by atoms with Crippen molar-refractivity contribution < 1.29 is 22.6 Å². The fourth-order valence-electron chi connectivity index (χ4n) is 5.07. The van der Waals surface area contributed by atoms with Gasteiger partial charge in [0.15, 0.2) is 11.5 Å². The molecule has 2 aliphatic heterocycles. The minimum Gasteiger partial charge on any atom is -0.454 e. The van der Waals surface area contributed by atoms with Gasteiger partial charge in [-0.1, -0.05) is 12.1 Å². The van der Waals surface area contributed by atoms with Gasteiger partial charge in [0.05, 0.1) is 11.3 Å². The van der Waals surface area contributed by atoms with Gasteiger partial charge in [-0.15, -0.1) is 12.4 Å². The van der Waals surface area contributed by atoms with Gasteiger partial charge in [-0.05, 0) is 73.6 Å². The lowest BCUT2D eigenvalue weighted by atomic mass is 9.99. The molecule has 0 amide bonds. The molecule has 1 atom stereocenters. The van der Waals surface area contributed by atoms with Crippen LogP contribution in [-0.4, -0.2) is 23.3 Å². The lowest BCUT2D eigenvalue weighted by Crippen LogP contribution is -2.32. The van der Waals surface area contributed by atoms with Crippen LogP contribution in [0, 0.1) is 0 Å². The molecule has 0 bridgehead atoms. The highest BCUT2D eigenvalue weighted by Crippen LogP contribution is 2.38. The second-order valence-corrected chi connectivity index (χ2v) is 9.29. The van der Waals surface area contributed by atoms with Gasteiger partial charge >= 0.3 is 6.18 Å². The van der Waals surface area contributed by atoms with E-state index in [1.807, 2.05) is 13.0 Å². The Kier molecular flexibility index (Phi) is 6.36. The summed E-state index contributed by atoms with van der Waals surface area (Å²) in [6.45, 7) is 3.54. The third-order valence-corrected chi connectivity index (χ3v) is 6.98. The number of nitrogens with zero attached hydrogens (tertiary/aromatic N) is 3. The van der Waals surface area contributed by atoms with Gasteiger partial charge in [0, 0.05) is 24.7 Å². The molecule has 1 N–H and O–H groups in total. The zero-order valence-electron chi connectivity index (χ0n) is 19.7. The van der Waals surface area contributed by atoms with E-state index in [0.29, 0.717) is 23.9 Å². The average Bonchev–Trinajstić information content (AvgIpc) is 3.51. The number of alkyl halides is 3. The van der Waals surface area contributed by atoms with Crippen molar-refractivity contribution in [3.05, 3.63) is 69.9 Å². The normalized spacial score (nSPS) is 16.7. The molecule has 3 aromatic rings. The molecule has 2 aromatic carbocycles. The summed E-state index contributed by atoms with van der Waals surface area (Å²) in [6, 6.07) is 9.20. The van der Waals surface area contributed by atoms with Crippen molar-refractivity contribution in [3.63, 3.8) is 0 Å². The van der Waals surface area contributed by atoms with Crippen LogP contribution in [0.5, 0.6) is 11.5 Å². The highest BCUT2D eigenvalue weighted by molar-refractivity contribution is 5.85. The molecule has 0 saturated carbocycles. The molecular formula is C26H26ClF3N4O2. The first kappa shape index (κ1) is 24.5. The van der Waals surface area contributed by atoms with Crippen molar-refractivity contribution in [1.82, 2.24) is 9.97 Å². The van der Waals surface area contributed by atoms with E-state index in [9.17, 15) is 13.2 Å². The van der Waals surface area contributed by atoms with Crippen molar-refractivity contribution in [2.45, 2.75) is 51.4 Å². The summed E-state index contributed by atoms with van der Waals surface area (Å²) < 4.78 is 50.7. The van der Waals surface area contributed by atoms with Crippen LogP contribution in [0.1, 0.15) is 52.9 Å². The average molecular weight is 519 g/mol. The van der Waals surface area contributed by atoms with Crippen LogP contribution < -0.4 is 19.7 Å². The Bertz CT molecular complexity index is 1300. The number of nitrogens with one attached hydrogen (secondary N) is 1. The minimum absolute atomic E-state index is 0. The maximum atomic E-state index is 13.2. The Morgan fingerprint density at radius 1 is 1.00 bits per heavy atom. The van der Waals surface area contributed by atoms with Gasteiger partial charge in [-0.3, -0.25) is 0 Å². The fraction of sp³-hybridized carbons (Fsp3) is 0.385. The number of anilines is 2. The van der Waals surface area contributed by atoms with Crippen LogP contribution in [0.25, 0.3) is 0 Å². The molecule has 3 heterocycles. The third kappa shape index (κ3) is 4.52. The highest BCUT2D eigenvalue weighted by Gasteiger charge is 2.31.